The zero-order valence-corrected chi connectivity index (χ0v) is 8.23. The Kier molecular flexibility index (Phi) is 4.18. The van der Waals surface area contributed by atoms with Crippen molar-refractivity contribution in [1.82, 2.24) is 9.73 Å². The van der Waals surface area contributed by atoms with Gasteiger partial charge in [-0.3, -0.25) is 0 Å². The van der Waals surface area contributed by atoms with Crippen LogP contribution in [-0.4, -0.2) is 36.4 Å². The summed E-state index contributed by atoms with van der Waals surface area (Å²) in [6, 6.07) is 0. The van der Waals surface area contributed by atoms with Crippen molar-refractivity contribution in [2.75, 3.05) is 25.9 Å². The zero-order chi connectivity index (χ0) is 8.81. The lowest BCUT2D eigenvalue weighted by molar-refractivity contribution is 0.470. The van der Waals surface area contributed by atoms with Crippen LogP contribution in [0.3, 0.4) is 0 Å². The molecule has 0 radical (unpaired) electrons. The van der Waals surface area contributed by atoms with Crippen LogP contribution in [0.2, 0.25) is 0 Å². The average Bonchev–Trinajstić information content (AvgIpc) is 2.17. The molecule has 0 aromatic heterocycles. The second-order valence-electron chi connectivity index (χ2n) is 2.69. The monoisotopic (exact) mass is 185 g/mol. The molecule has 1 rings (SSSR count). The summed E-state index contributed by atoms with van der Waals surface area (Å²) in [4.78, 5) is 0. The fourth-order valence-electron chi connectivity index (χ4n) is 1.00. The Morgan fingerprint density at radius 2 is 2.50 bits per heavy atom. The van der Waals surface area contributed by atoms with Gasteiger partial charge in [0, 0.05) is 25.8 Å². The van der Waals surface area contributed by atoms with Gasteiger partial charge >= 0.3 is 0 Å². The highest BCUT2D eigenvalue weighted by atomic mass is 32.2. The van der Waals surface area contributed by atoms with Crippen LogP contribution in [0.4, 0.5) is 0 Å². The van der Waals surface area contributed by atoms with Gasteiger partial charge in [0.05, 0.1) is 0 Å². The molecule has 0 fully saturated rings. The molecule has 0 aliphatic carbocycles. The molecule has 1 aliphatic heterocycles. The fourth-order valence-corrected chi connectivity index (χ4v) is 1.55. The first-order chi connectivity index (χ1) is 5.83. The molecule has 68 valence electrons. The second-order valence-corrected chi connectivity index (χ2v) is 3.57. The highest BCUT2D eigenvalue weighted by Crippen LogP contribution is 2.08. The van der Waals surface area contributed by atoms with E-state index >= 15 is 0 Å². The Balaban J connectivity index is 2.42. The zero-order valence-electron chi connectivity index (χ0n) is 7.42. The van der Waals surface area contributed by atoms with Crippen LogP contribution in [0, 0.1) is 0 Å². The van der Waals surface area contributed by atoms with Crippen molar-refractivity contribution in [3.63, 3.8) is 0 Å². The van der Waals surface area contributed by atoms with Crippen LogP contribution in [0.15, 0.2) is 17.3 Å². The van der Waals surface area contributed by atoms with Gasteiger partial charge in [0.2, 0.25) is 0 Å². The summed E-state index contributed by atoms with van der Waals surface area (Å²) in [5, 5.41) is 4.03. The number of hydrazone groups is 1. The minimum absolute atomic E-state index is 0.907. The first kappa shape index (κ1) is 9.61. The molecule has 0 atom stereocenters. The van der Waals surface area contributed by atoms with E-state index in [0.717, 1.165) is 31.6 Å². The molecule has 0 saturated carbocycles. The van der Waals surface area contributed by atoms with E-state index in [1.54, 1.807) is 11.9 Å². The summed E-state index contributed by atoms with van der Waals surface area (Å²) in [6.45, 7) is 6.91. The summed E-state index contributed by atoms with van der Waals surface area (Å²) in [7, 11) is 0. The lowest BCUT2D eigenvalue weighted by atomic mass is 10.2. The van der Waals surface area contributed by atoms with Gasteiger partial charge in [-0.2, -0.15) is 5.10 Å². The largest absolute Gasteiger partial charge is 0.309 e. The molecular weight excluding hydrogens is 170 g/mol. The molecule has 1 aliphatic rings. The van der Waals surface area contributed by atoms with E-state index < -0.39 is 0 Å². The van der Waals surface area contributed by atoms with Crippen LogP contribution in [0.25, 0.3) is 0 Å². The molecule has 1 heterocycles. The Bertz CT molecular complexity index is 179. The van der Waals surface area contributed by atoms with Crippen LogP contribution in [0.5, 0.6) is 0 Å². The lowest BCUT2D eigenvalue weighted by Crippen LogP contribution is -2.24. The van der Waals surface area contributed by atoms with Crippen LogP contribution < -0.4 is 5.43 Å². The summed E-state index contributed by atoms with van der Waals surface area (Å²) in [6.07, 6.45) is 4.91. The highest BCUT2D eigenvalue weighted by Gasteiger charge is 2.04. The minimum atomic E-state index is 0.907. The molecule has 0 bridgehead atoms. The maximum Gasteiger partial charge on any atom is 0.0494 e. The summed E-state index contributed by atoms with van der Waals surface area (Å²) in [5.74, 6) is 0. The minimum Gasteiger partial charge on any atom is -0.309 e. The van der Waals surface area contributed by atoms with E-state index in [-0.39, 0.29) is 0 Å². The molecular formula is C8H15N3S. The summed E-state index contributed by atoms with van der Waals surface area (Å²) in [5.41, 5.74) is 4.06. The van der Waals surface area contributed by atoms with Gasteiger partial charge in [0.25, 0.3) is 0 Å². The Labute approximate surface area is 78.0 Å². The first-order valence-electron chi connectivity index (χ1n) is 4.05. The highest BCUT2D eigenvalue weighted by molar-refractivity contribution is 7.96. The summed E-state index contributed by atoms with van der Waals surface area (Å²) < 4.78 is 2.31. The molecule has 3 nitrogen and oxygen atoms in total. The van der Waals surface area contributed by atoms with Gasteiger partial charge in [0.15, 0.2) is 0 Å². The molecule has 0 unspecified atom stereocenters. The maximum atomic E-state index is 4.03. The van der Waals surface area contributed by atoms with E-state index in [2.05, 4.69) is 27.7 Å². The normalized spacial score (nSPS) is 23.6. The predicted octanol–water partition coefficient (Wildman–Crippen LogP) is 1.10. The first-order valence-corrected chi connectivity index (χ1v) is 5.24. The van der Waals surface area contributed by atoms with Gasteiger partial charge in [-0.05, 0) is 18.2 Å². The van der Waals surface area contributed by atoms with Crippen molar-refractivity contribution in [2.45, 2.75) is 6.42 Å². The fraction of sp³-hybridized carbons (Fsp3) is 0.625. The maximum absolute atomic E-state index is 4.03. The number of hydrogen-bond acceptors (Lipinski definition) is 4. The molecule has 0 amide bonds. The van der Waals surface area contributed by atoms with Crippen molar-refractivity contribution in [1.29, 1.82) is 0 Å². The summed E-state index contributed by atoms with van der Waals surface area (Å²) >= 11 is 1.78. The van der Waals surface area contributed by atoms with Gasteiger partial charge in [-0.15, -0.1) is 0 Å². The number of nitrogens with zero attached hydrogens (tertiary/aromatic N) is 2. The quantitative estimate of drug-likeness (QED) is 0.620. The second kappa shape index (κ2) is 5.22. The van der Waals surface area contributed by atoms with Crippen LogP contribution in [0.1, 0.15) is 6.42 Å². The third kappa shape index (κ3) is 3.28. The third-order valence-electron chi connectivity index (χ3n) is 1.75. The van der Waals surface area contributed by atoms with Crippen molar-refractivity contribution >= 4 is 18.2 Å². The molecule has 12 heavy (non-hydrogen) atoms. The Morgan fingerprint density at radius 1 is 1.67 bits per heavy atom. The van der Waals surface area contributed by atoms with E-state index in [0.29, 0.717) is 0 Å². The topological polar surface area (TPSA) is 27.6 Å². The van der Waals surface area contributed by atoms with E-state index in [9.17, 15) is 0 Å². The molecule has 0 spiro atoms. The molecule has 0 saturated heterocycles. The van der Waals surface area contributed by atoms with Crippen molar-refractivity contribution in [3.8, 4) is 0 Å². The third-order valence-corrected chi connectivity index (χ3v) is 2.63. The van der Waals surface area contributed by atoms with E-state index in [1.807, 2.05) is 6.21 Å². The van der Waals surface area contributed by atoms with Gasteiger partial charge in [0.1, 0.15) is 0 Å². The van der Waals surface area contributed by atoms with Crippen LogP contribution >= 0.6 is 11.9 Å². The van der Waals surface area contributed by atoms with Crippen molar-refractivity contribution in [2.24, 2.45) is 5.10 Å². The Hall–Kier alpha value is -0.480. The van der Waals surface area contributed by atoms with Gasteiger partial charge in [-0.25, -0.2) is 4.31 Å². The molecule has 4 heteroatoms. The average molecular weight is 185 g/mol. The number of rotatable bonds is 1. The smallest absolute Gasteiger partial charge is 0.0494 e. The molecule has 0 aromatic carbocycles. The van der Waals surface area contributed by atoms with E-state index in [1.165, 1.54) is 0 Å². The van der Waals surface area contributed by atoms with Gasteiger partial charge < -0.3 is 5.43 Å². The Morgan fingerprint density at radius 3 is 3.25 bits per heavy atom. The van der Waals surface area contributed by atoms with Crippen molar-refractivity contribution < 1.29 is 0 Å². The standard InChI is InChI=1S/C8H15N3S/c1-8-3-5-11(12-2)6-4-9-10-7-8/h7,9H,1,3-6H2,2H3/b10-7-. The number of hydrogen-bond donors (Lipinski definition) is 1. The lowest BCUT2D eigenvalue weighted by Gasteiger charge is -2.17. The van der Waals surface area contributed by atoms with Crippen molar-refractivity contribution in [3.05, 3.63) is 12.2 Å². The predicted molar refractivity (Wildman–Crippen MR) is 55.3 cm³/mol. The molecule has 0 aromatic rings. The van der Waals surface area contributed by atoms with E-state index in [4.69, 9.17) is 0 Å². The SMILES string of the molecule is C=C1/C=N\NCCN(SC)CC1. The number of nitrogens with one attached hydrogen (secondary N) is 1. The van der Waals surface area contributed by atoms with Gasteiger partial charge in [-0.1, -0.05) is 18.5 Å². The molecule has 1 N–H and O–H groups in total. The van der Waals surface area contributed by atoms with Crippen LogP contribution in [-0.2, 0) is 0 Å².